The zero-order valence-electron chi connectivity index (χ0n) is 10.2. The summed E-state index contributed by atoms with van der Waals surface area (Å²) in [6.07, 6.45) is 1.56. The predicted octanol–water partition coefficient (Wildman–Crippen LogP) is 1.34. The zero-order valence-corrected chi connectivity index (χ0v) is 10.2. The predicted molar refractivity (Wildman–Crippen MR) is 63.5 cm³/mol. The molecule has 0 atom stereocenters. The Balaban J connectivity index is 2.97. The van der Waals surface area contributed by atoms with Gasteiger partial charge in [0.05, 0.1) is 18.7 Å². The summed E-state index contributed by atoms with van der Waals surface area (Å²) in [4.78, 5) is 17.2. The molecule has 5 nitrogen and oxygen atoms in total. The number of nitrogens with zero attached hydrogens (tertiary/aromatic N) is 3. The number of pyridine rings is 1. The Morgan fingerprint density at radius 1 is 1.65 bits per heavy atom. The molecule has 5 heteroatoms. The van der Waals surface area contributed by atoms with Gasteiger partial charge in [0.2, 0.25) is 0 Å². The van der Waals surface area contributed by atoms with E-state index < -0.39 is 0 Å². The van der Waals surface area contributed by atoms with Crippen molar-refractivity contribution in [1.29, 1.82) is 5.26 Å². The molecule has 0 saturated heterocycles. The van der Waals surface area contributed by atoms with Crippen LogP contribution in [0.25, 0.3) is 0 Å². The Hall–Kier alpha value is -2.09. The molecule has 0 amide bonds. The topological polar surface area (TPSA) is 66.2 Å². The van der Waals surface area contributed by atoms with Crippen molar-refractivity contribution in [2.45, 2.75) is 19.9 Å². The number of rotatable bonds is 4. The van der Waals surface area contributed by atoms with Crippen molar-refractivity contribution in [1.82, 2.24) is 4.98 Å². The Kier molecular flexibility index (Phi) is 4.46. The van der Waals surface area contributed by atoms with Crippen molar-refractivity contribution in [3.63, 3.8) is 0 Å². The second kappa shape index (κ2) is 5.85. The lowest BCUT2D eigenvalue weighted by Crippen LogP contribution is -2.36. The number of aromatic nitrogens is 1. The van der Waals surface area contributed by atoms with E-state index in [2.05, 4.69) is 9.72 Å². The van der Waals surface area contributed by atoms with Gasteiger partial charge in [-0.25, -0.2) is 4.98 Å². The molecule has 0 aliphatic rings. The van der Waals surface area contributed by atoms with Gasteiger partial charge in [0.25, 0.3) is 0 Å². The molecule has 1 rings (SSSR count). The van der Waals surface area contributed by atoms with Crippen molar-refractivity contribution < 1.29 is 9.53 Å². The number of hydrogen-bond donors (Lipinski definition) is 0. The van der Waals surface area contributed by atoms with Crippen LogP contribution < -0.4 is 4.90 Å². The van der Waals surface area contributed by atoms with Crippen LogP contribution >= 0.6 is 0 Å². The molecule has 1 heterocycles. The van der Waals surface area contributed by atoms with E-state index in [1.807, 2.05) is 19.9 Å². The van der Waals surface area contributed by atoms with Gasteiger partial charge in [-0.1, -0.05) is 0 Å². The van der Waals surface area contributed by atoms with Crippen LogP contribution in [0.5, 0.6) is 0 Å². The maximum absolute atomic E-state index is 11.3. The van der Waals surface area contributed by atoms with Crippen LogP contribution in [-0.4, -0.2) is 30.6 Å². The second-order valence-electron chi connectivity index (χ2n) is 3.81. The molecule has 90 valence electrons. The van der Waals surface area contributed by atoms with Gasteiger partial charge in [-0.3, -0.25) is 4.79 Å². The van der Waals surface area contributed by atoms with E-state index in [4.69, 9.17) is 5.26 Å². The first-order chi connectivity index (χ1) is 8.08. The summed E-state index contributed by atoms with van der Waals surface area (Å²) in [5.74, 6) is 0.271. The van der Waals surface area contributed by atoms with Crippen molar-refractivity contribution in [3.05, 3.63) is 23.9 Å². The minimum absolute atomic E-state index is 0.0931. The first kappa shape index (κ1) is 13.0. The van der Waals surface area contributed by atoms with Gasteiger partial charge in [0.1, 0.15) is 12.4 Å². The fourth-order valence-corrected chi connectivity index (χ4v) is 1.38. The number of nitriles is 1. The van der Waals surface area contributed by atoms with E-state index in [-0.39, 0.29) is 18.6 Å². The fraction of sp³-hybridized carbons (Fsp3) is 0.417. The summed E-state index contributed by atoms with van der Waals surface area (Å²) in [7, 11) is 1.35. The number of hydrogen-bond acceptors (Lipinski definition) is 5. The van der Waals surface area contributed by atoms with Gasteiger partial charge in [0, 0.05) is 12.2 Å². The molecule has 0 bridgehead atoms. The standard InChI is InChI=1S/C12H15N3O2/c1-9(2)15(8-12(16)17-3)11-6-10(7-13)4-5-14-11/h4-6,9H,8H2,1-3H3. The maximum Gasteiger partial charge on any atom is 0.325 e. The molecule has 1 aromatic rings. The molecule has 0 aliphatic carbocycles. The SMILES string of the molecule is COC(=O)CN(c1cc(C#N)ccn1)C(C)C. The highest BCUT2D eigenvalue weighted by Crippen LogP contribution is 2.15. The van der Waals surface area contributed by atoms with Crippen LogP contribution in [0.1, 0.15) is 19.4 Å². The highest BCUT2D eigenvalue weighted by atomic mass is 16.5. The Morgan fingerprint density at radius 2 is 2.35 bits per heavy atom. The minimum atomic E-state index is -0.331. The number of ether oxygens (including phenoxy) is 1. The van der Waals surface area contributed by atoms with E-state index in [0.717, 1.165) is 0 Å². The van der Waals surface area contributed by atoms with Crippen molar-refractivity contribution >= 4 is 11.8 Å². The average Bonchev–Trinajstić information content (AvgIpc) is 2.35. The molecule has 0 aromatic carbocycles. The molecule has 0 spiro atoms. The van der Waals surface area contributed by atoms with E-state index in [0.29, 0.717) is 11.4 Å². The Bertz CT molecular complexity index is 438. The van der Waals surface area contributed by atoms with E-state index in [9.17, 15) is 4.79 Å². The quantitative estimate of drug-likeness (QED) is 0.734. The largest absolute Gasteiger partial charge is 0.468 e. The smallest absolute Gasteiger partial charge is 0.325 e. The molecule has 0 aliphatic heterocycles. The van der Waals surface area contributed by atoms with Gasteiger partial charge in [-0.05, 0) is 26.0 Å². The minimum Gasteiger partial charge on any atom is -0.468 e. The van der Waals surface area contributed by atoms with Crippen molar-refractivity contribution in [2.75, 3.05) is 18.6 Å². The Morgan fingerprint density at radius 3 is 2.88 bits per heavy atom. The molecule has 0 fully saturated rings. The monoisotopic (exact) mass is 233 g/mol. The van der Waals surface area contributed by atoms with Crippen LogP contribution in [0.15, 0.2) is 18.3 Å². The maximum atomic E-state index is 11.3. The summed E-state index contributed by atoms with van der Waals surface area (Å²) in [6, 6.07) is 5.42. The zero-order chi connectivity index (χ0) is 12.8. The molecule has 1 aromatic heterocycles. The summed E-state index contributed by atoms with van der Waals surface area (Å²) >= 11 is 0. The normalized spacial score (nSPS) is 9.82. The van der Waals surface area contributed by atoms with Crippen molar-refractivity contribution in [2.24, 2.45) is 0 Å². The lowest BCUT2D eigenvalue weighted by atomic mass is 10.2. The summed E-state index contributed by atoms with van der Waals surface area (Å²) in [6.45, 7) is 4.02. The molecule has 0 radical (unpaired) electrons. The Labute approximate surface area is 101 Å². The molecule has 0 saturated carbocycles. The first-order valence-corrected chi connectivity index (χ1v) is 5.28. The third kappa shape index (κ3) is 3.45. The molecule has 0 N–H and O–H groups in total. The first-order valence-electron chi connectivity index (χ1n) is 5.28. The van der Waals surface area contributed by atoms with Gasteiger partial charge < -0.3 is 9.64 Å². The summed E-state index contributed by atoms with van der Waals surface area (Å²) in [5.41, 5.74) is 0.519. The molecular formula is C12H15N3O2. The fourth-order valence-electron chi connectivity index (χ4n) is 1.38. The van der Waals surface area contributed by atoms with Gasteiger partial charge >= 0.3 is 5.97 Å². The van der Waals surface area contributed by atoms with Gasteiger partial charge in [-0.15, -0.1) is 0 Å². The van der Waals surface area contributed by atoms with Gasteiger partial charge in [-0.2, -0.15) is 5.26 Å². The number of esters is 1. The average molecular weight is 233 g/mol. The lowest BCUT2D eigenvalue weighted by molar-refractivity contribution is -0.139. The van der Waals surface area contributed by atoms with E-state index >= 15 is 0 Å². The number of methoxy groups -OCH3 is 1. The van der Waals surface area contributed by atoms with Crippen LogP contribution in [0.4, 0.5) is 5.82 Å². The molecule has 17 heavy (non-hydrogen) atoms. The van der Waals surface area contributed by atoms with Gasteiger partial charge in [0.15, 0.2) is 0 Å². The second-order valence-corrected chi connectivity index (χ2v) is 3.81. The lowest BCUT2D eigenvalue weighted by Gasteiger charge is -2.26. The van der Waals surface area contributed by atoms with Crippen LogP contribution in [0.2, 0.25) is 0 Å². The number of carbonyl (C=O) groups is 1. The molecule has 0 unspecified atom stereocenters. The third-order valence-corrected chi connectivity index (χ3v) is 2.32. The highest BCUT2D eigenvalue weighted by molar-refractivity contribution is 5.75. The van der Waals surface area contributed by atoms with Crippen LogP contribution in [0.3, 0.4) is 0 Å². The summed E-state index contributed by atoms with van der Waals surface area (Å²) < 4.78 is 4.64. The number of carbonyl (C=O) groups excluding carboxylic acids is 1. The highest BCUT2D eigenvalue weighted by Gasteiger charge is 2.16. The van der Waals surface area contributed by atoms with Crippen LogP contribution in [-0.2, 0) is 9.53 Å². The van der Waals surface area contributed by atoms with E-state index in [1.165, 1.54) is 7.11 Å². The van der Waals surface area contributed by atoms with Crippen LogP contribution in [0, 0.1) is 11.3 Å². The summed E-state index contributed by atoms with van der Waals surface area (Å²) in [5, 5.41) is 8.82. The third-order valence-electron chi connectivity index (χ3n) is 2.32. The van der Waals surface area contributed by atoms with E-state index in [1.54, 1.807) is 23.2 Å². The molecular weight excluding hydrogens is 218 g/mol. The van der Waals surface area contributed by atoms with Crippen molar-refractivity contribution in [3.8, 4) is 6.07 Å². The number of anilines is 1.